The van der Waals surface area contributed by atoms with Crippen molar-refractivity contribution in [2.45, 2.75) is 6.92 Å². The van der Waals surface area contributed by atoms with Gasteiger partial charge in [0.15, 0.2) is 0 Å². The van der Waals surface area contributed by atoms with Crippen molar-refractivity contribution in [3.63, 3.8) is 0 Å². The third-order valence-electron chi connectivity index (χ3n) is 1.85. The van der Waals surface area contributed by atoms with E-state index in [1.807, 2.05) is 0 Å². The molecule has 14 heavy (non-hydrogen) atoms. The van der Waals surface area contributed by atoms with Gasteiger partial charge in [-0.15, -0.1) is 0 Å². The van der Waals surface area contributed by atoms with Gasteiger partial charge in [0.05, 0.1) is 11.1 Å². The number of halogens is 1. The number of aryl methyl sites for hydroxylation is 1. The Bertz CT molecular complexity index is 416. The van der Waals surface area contributed by atoms with Crippen LogP contribution in [0.3, 0.4) is 0 Å². The Morgan fingerprint density at radius 3 is 2.21 bits per heavy atom. The summed E-state index contributed by atoms with van der Waals surface area (Å²) in [6.45, 7) is 1.46. The number of hydrogen-bond acceptors (Lipinski definition) is 2. The standard InChI is InChI=1S/C9H9FN2O2/c1-4-2-3-5(8(11)13)6(7(4)10)9(12)14/h2-3H,1H3,(H2,11,13)(H2,12,14). The van der Waals surface area contributed by atoms with E-state index in [-0.39, 0.29) is 11.1 Å². The van der Waals surface area contributed by atoms with E-state index >= 15 is 0 Å². The molecule has 4 nitrogen and oxygen atoms in total. The summed E-state index contributed by atoms with van der Waals surface area (Å²) >= 11 is 0. The van der Waals surface area contributed by atoms with Crippen molar-refractivity contribution in [2.75, 3.05) is 0 Å². The molecule has 0 aliphatic rings. The number of benzene rings is 1. The maximum Gasteiger partial charge on any atom is 0.252 e. The van der Waals surface area contributed by atoms with Gasteiger partial charge in [0.25, 0.3) is 5.91 Å². The highest BCUT2D eigenvalue weighted by atomic mass is 19.1. The van der Waals surface area contributed by atoms with Crippen molar-refractivity contribution in [3.05, 3.63) is 34.6 Å². The van der Waals surface area contributed by atoms with Gasteiger partial charge in [0.2, 0.25) is 5.91 Å². The molecule has 0 unspecified atom stereocenters. The van der Waals surface area contributed by atoms with Crippen molar-refractivity contribution in [1.82, 2.24) is 0 Å². The first kappa shape index (κ1) is 10.2. The number of primary amides is 2. The molecule has 2 amide bonds. The van der Waals surface area contributed by atoms with Gasteiger partial charge in [-0.25, -0.2) is 4.39 Å². The zero-order valence-electron chi connectivity index (χ0n) is 7.50. The lowest BCUT2D eigenvalue weighted by molar-refractivity contribution is 0.0963. The summed E-state index contributed by atoms with van der Waals surface area (Å²) in [6, 6.07) is 2.64. The zero-order chi connectivity index (χ0) is 10.9. The average molecular weight is 196 g/mol. The number of amides is 2. The normalized spacial score (nSPS) is 9.86. The van der Waals surface area contributed by atoms with Gasteiger partial charge in [-0.1, -0.05) is 6.07 Å². The number of carbonyl (C=O) groups excluding carboxylic acids is 2. The molecule has 1 aromatic rings. The van der Waals surface area contributed by atoms with E-state index in [0.717, 1.165) is 0 Å². The van der Waals surface area contributed by atoms with Crippen LogP contribution in [-0.2, 0) is 0 Å². The molecule has 4 N–H and O–H groups in total. The molecule has 0 heterocycles. The molecule has 1 aromatic carbocycles. The van der Waals surface area contributed by atoms with E-state index in [1.165, 1.54) is 19.1 Å². The summed E-state index contributed by atoms with van der Waals surface area (Å²) in [4.78, 5) is 21.7. The maximum atomic E-state index is 13.4. The van der Waals surface area contributed by atoms with Crippen molar-refractivity contribution in [3.8, 4) is 0 Å². The van der Waals surface area contributed by atoms with E-state index in [2.05, 4.69) is 0 Å². The van der Waals surface area contributed by atoms with Crippen LogP contribution < -0.4 is 11.5 Å². The molecule has 1 rings (SSSR count). The molecule has 0 fully saturated rings. The van der Waals surface area contributed by atoms with Gasteiger partial charge in [-0.05, 0) is 18.6 Å². The first-order chi connectivity index (χ1) is 6.45. The molecule has 0 spiro atoms. The lowest BCUT2D eigenvalue weighted by Gasteiger charge is -2.06. The molecule has 0 atom stereocenters. The molecular weight excluding hydrogens is 187 g/mol. The first-order valence-electron chi connectivity index (χ1n) is 3.84. The van der Waals surface area contributed by atoms with Crippen LogP contribution in [-0.4, -0.2) is 11.8 Å². The molecular formula is C9H9FN2O2. The summed E-state index contributed by atoms with van der Waals surface area (Å²) in [6.07, 6.45) is 0. The van der Waals surface area contributed by atoms with Crippen LogP contribution in [0, 0.1) is 12.7 Å². The highest BCUT2D eigenvalue weighted by molar-refractivity contribution is 6.06. The maximum absolute atomic E-state index is 13.4. The Balaban J connectivity index is 3.53. The average Bonchev–Trinajstić information content (AvgIpc) is 2.08. The second-order valence-corrected chi connectivity index (χ2v) is 2.85. The third-order valence-corrected chi connectivity index (χ3v) is 1.85. The summed E-state index contributed by atoms with van der Waals surface area (Å²) in [7, 11) is 0. The minimum absolute atomic E-state index is 0.194. The van der Waals surface area contributed by atoms with Gasteiger partial charge in [-0.3, -0.25) is 9.59 Å². The van der Waals surface area contributed by atoms with Crippen LogP contribution in [0.5, 0.6) is 0 Å². The number of carbonyl (C=O) groups is 2. The lowest BCUT2D eigenvalue weighted by Crippen LogP contribution is -2.22. The Morgan fingerprint density at radius 2 is 1.79 bits per heavy atom. The minimum atomic E-state index is -1.000. The molecule has 0 bridgehead atoms. The molecule has 0 aliphatic carbocycles. The fourth-order valence-corrected chi connectivity index (χ4v) is 1.13. The van der Waals surface area contributed by atoms with Gasteiger partial charge in [0, 0.05) is 0 Å². The third kappa shape index (κ3) is 1.56. The van der Waals surface area contributed by atoms with Crippen LogP contribution >= 0.6 is 0 Å². The molecule has 0 radical (unpaired) electrons. The molecule has 0 aromatic heterocycles. The lowest BCUT2D eigenvalue weighted by atomic mass is 10.0. The largest absolute Gasteiger partial charge is 0.366 e. The molecule has 0 saturated carbocycles. The Labute approximate surface area is 79.7 Å². The molecule has 0 saturated heterocycles. The monoisotopic (exact) mass is 196 g/mol. The van der Waals surface area contributed by atoms with Crippen molar-refractivity contribution >= 4 is 11.8 Å². The van der Waals surface area contributed by atoms with Gasteiger partial charge < -0.3 is 11.5 Å². The summed E-state index contributed by atoms with van der Waals surface area (Å²) < 4.78 is 13.4. The molecule has 5 heteroatoms. The fourth-order valence-electron chi connectivity index (χ4n) is 1.13. The second-order valence-electron chi connectivity index (χ2n) is 2.85. The van der Waals surface area contributed by atoms with Gasteiger partial charge in [-0.2, -0.15) is 0 Å². The zero-order valence-corrected chi connectivity index (χ0v) is 7.50. The molecule has 74 valence electrons. The number of hydrogen-bond donors (Lipinski definition) is 2. The van der Waals surface area contributed by atoms with E-state index < -0.39 is 23.2 Å². The van der Waals surface area contributed by atoms with Crippen LogP contribution in [0.1, 0.15) is 26.3 Å². The predicted octanol–water partition coefficient (Wildman–Crippen LogP) is 0.332. The SMILES string of the molecule is Cc1ccc(C(N)=O)c(C(N)=O)c1F. The quantitative estimate of drug-likeness (QED) is 0.714. The summed E-state index contributed by atoms with van der Waals surface area (Å²) in [5.41, 5.74) is 9.49. The van der Waals surface area contributed by atoms with E-state index in [0.29, 0.717) is 0 Å². The van der Waals surface area contributed by atoms with Crippen molar-refractivity contribution < 1.29 is 14.0 Å². The second kappa shape index (κ2) is 3.45. The minimum Gasteiger partial charge on any atom is -0.366 e. The fraction of sp³-hybridized carbons (Fsp3) is 0.111. The Hall–Kier alpha value is -1.91. The highest BCUT2D eigenvalue weighted by Crippen LogP contribution is 2.16. The van der Waals surface area contributed by atoms with Crippen LogP contribution in [0.15, 0.2) is 12.1 Å². The first-order valence-corrected chi connectivity index (χ1v) is 3.84. The van der Waals surface area contributed by atoms with Gasteiger partial charge in [0.1, 0.15) is 5.82 Å². The smallest absolute Gasteiger partial charge is 0.252 e. The number of rotatable bonds is 2. The van der Waals surface area contributed by atoms with Gasteiger partial charge >= 0.3 is 0 Å². The van der Waals surface area contributed by atoms with E-state index in [9.17, 15) is 14.0 Å². The Morgan fingerprint density at radius 1 is 1.21 bits per heavy atom. The van der Waals surface area contributed by atoms with E-state index in [4.69, 9.17) is 11.5 Å². The summed E-state index contributed by atoms with van der Waals surface area (Å²) in [5, 5.41) is 0. The van der Waals surface area contributed by atoms with Crippen molar-refractivity contribution in [1.29, 1.82) is 0 Å². The van der Waals surface area contributed by atoms with Crippen LogP contribution in [0.2, 0.25) is 0 Å². The van der Waals surface area contributed by atoms with Crippen molar-refractivity contribution in [2.24, 2.45) is 11.5 Å². The topological polar surface area (TPSA) is 86.2 Å². The molecule has 0 aliphatic heterocycles. The van der Waals surface area contributed by atoms with E-state index in [1.54, 1.807) is 0 Å². The summed E-state index contributed by atoms with van der Waals surface area (Å²) in [5.74, 6) is -2.67. The number of nitrogens with two attached hydrogens (primary N) is 2. The van der Waals surface area contributed by atoms with Crippen LogP contribution in [0.4, 0.5) is 4.39 Å². The predicted molar refractivity (Wildman–Crippen MR) is 48.2 cm³/mol. The Kier molecular flexibility index (Phi) is 2.51. The van der Waals surface area contributed by atoms with Crippen LogP contribution in [0.25, 0.3) is 0 Å². The highest BCUT2D eigenvalue weighted by Gasteiger charge is 2.18.